The van der Waals surface area contributed by atoms with Crippen molar-refractivity contribution in [1.82, 2.24) is 25.5 Å². The molecule has 6 rings (SSSR count). The molecule has 2 aromatic carbocycles. The van der Waals surface area contributed by atoms with E-state index < -0.39 is 5.82 Å². The van der Waals surface area contributed by atoms with Crippen molar-refractivity contribution in [3.8, 4) is 11.5 Å². The summed E-state index contributed by atoms with van der Waals surface area (Å²) in [4.78, 5) is 25.2. The lowest BCUT2D eigenvalue weighted by Crippen LogP contribution is -2.53. The zero-order valence-electron chi connectivity index (χ0n) is 27.9. The molecule has 3 N–H and O–H groups in total. The largest absolute Gasteiger partial charge is 0.494 e. The van der Waals surface area contributed by atoms with E-state index in [0.29, 0.717) is 59.2 Å². The Hall–Kier alpha value is -5.06. The topological polar surface area (TPSA) is 104 Å². The lowest BCUT2D eigenvalue weighted by molar-refractivity contribution is -0.128. The van der Waals surface area contributed by atoms with Crippen LogP contribution in [0.4, 0.5) is 21.6 Å². The predicted molar refractivity (Wildman–Crippen MR) is 188 cm³/mol. The minimum atomic E-state index is -0.445. The van der Waals surface area contributed by atoms with Crippen LogP contribution < -0.4 is 30.3 Å². The van der Waals surface area contributed by atoms with Crippen LogP contribution in [0.2, 0.25) is 0 Å². The number of rotatable bonds is 9. The van der Waals surface area contributed by atoms with Crippen LogP contribution in [0, 0.1) is 12.7 Å². The fourth-order valence-electron chi connectivity index (χ4n) is 6.59. The summed E-state index contributed by atoms with van der Waals surface area (Å²) in [6.45, 7) is 9.13. The number of carbonyl (C=O) groups excluding carboxylic acids is 1. The number of carbonyl (C=O) groups is 1. The number of allylic oxidation sites excluding steroid dienone is 3. The molecule has 0 radical (unpaired) electrons. The molecular formula is C37H44FN7O3. The van der Waals surface area contributed by atoms with Crippen molar-refractivity contribution in [2.75, 3.05) is 37.0 Å². The second-order valence-corrected chi connectivity index (χ2v) is 12.4. The molecule has 1 fully saturated rings. The molecule has 1 aromatic heterocycles. The second kappa shape index (κ2) is 14.8. The zero-order valence-corrected chi connectivity index (χ0v) is 27.9. The summed E-state index contributed by atoms with van der Waals surface area (Å²) in [5.41, 5.74) is 3.37. The number of hydrogen-bond acceptors (Lipinski definition) is 9. The van der Waals surface area contributed by atoms with Gasteiger partial charge in [-0.2, -0.15) is 0 Å². The van der Waals surface area contributed by atoms with Crippen LogP contribution in [0.25, 0.3) is 10.9 Å². The number of fused-ring (bicyclic) bond motifs is 1. The molecule has 2 aliphatic heterocycles. The fraction of sp³-hybridized carbons (Fsp3) is 0.378. The van der Waals surface area contributed by atoms with Crippen molar-refractivity contribution in [2.24, 2.45) is 0 Å². The van der Waals surface area contributed by atoms with Crippen molar-refractivity contribution in [3.63, 3.8) is 0 Å². The minimum Gasteiger partial charge on any atom is -0.494 e. The highest BCUT2D eigenvalue weighted by atomic mass is 19.1. The van der Waals surface area contributed by atoms with Crippen molar-refractivity contribution < 1.29 is 18.7 Å². The first-order chi connectivity index (χ1) is 23.4. The number of ether oxygens (including phenoxy) is 2. The molecule has 1 unspecified atom stereocenters. The number of aromatic nitrogens is 2. The van der Waals surface area contributed by atoms with Gasteiger partial charge >= 0.3 is 0 Å². The predicted octanol–water partition coefficient (Wildman–Crippen LogP) is 6.59. The lowest BCUT2D eigenvalue weighted by Gasteiger charge is -2.41. The molecule has 3 heterocycles. The van der Waals surface area contributed by atoms with E-state index >= 15 is 4.39 Å². The summed E-state index contributed by atoms with van der Waals surface area (Å²) in [6.07, 6.45) is 17.7. The first-order valence-electron chi connectivity index (χ1n) is 16.7. The first kappa shape index (κ1) is 32.9. The Morgan fingerprint density at radius 3 is 2.81 bits per heavy atom. The molecule has 48 heavy (non-hydrogen) atoms. The Balaban J connectivity index is 1.21. The van der Waals surface area contributed by atoms with Crippen LogP contribution in [-0.2, 0) is 4.79 Å². The number of halogens is 1. The van der Waals surface area contributed by atoms with Crippen LogP contribution in [0.3, 0.4) is 0 Å². The standard InChI is InChI=1S/C37H44FN7O3/c1-5-33(46)45-20-19-44(22-24(45)2)30-15-13-28-34(36(30)47-4)37(41-23-40-28)43-29-14-16-31(25(3)35(29)38)48-27-17-18-39-32(21-27)42-26-11-9-7-6-8-10-12-26/h5,11,13-18,21,23-24,32,39,42H,1,6-10,12,19-20,22H2,2-4H3,(H,40,41,43)/b26-11+/t24-,32?/m1/s1. The van der Waals surface area contributed by atoms with E-state index in [4.69, 9.17) is 9.47 Å². The molecule has 1 amide bonds. The summed E-state index contributed by atoms with van der Waals surface area (Å²) in [6, 6.07) is 7.26. The number of hydrogen-bond donors (Lipinski definition) is 3. The van der Waals surface area contributed by atoms with E-state index in [0.717, 1.165) is 18.5 Å². The third kappa shape index (κ3) is 7.10. The van der Waals surface area contributed by atoms with Crippen LogP contribution >= 0.6 is 0 Å². The number of amides is 1. The van der Waals surface area contributed by atoms with Crippen molar-refractivity contribution >= 4 is 34.0 Å². The Morgan fingerprint density at radius 1 is 1.15 bits per heavy atom. The molecule has 3 aromatic rings. The normalized spacial score (nSPS) is 20.8. The summed E-state index contributed by atoms with van der Waals surface area (Å²) in [5.74, 6) is 1.52. The Labute approximate surface area is 281 Å². The molecule has 0 spiro atoms. The van der Waals surface area contributed by atoms with Gasteiger partial charge in [0, 0.05) is 49.2 Å². The molecule has 1 aliphatic carbocycles. The van der Waals surface area contributed by atoms with Gasteiger partial charge in [-0.05, 0) is 75.9 Å². The van der Waals surface area contributed by atoms with E-state index in [1.54, 1.807) is 26.2 Å². The molecule has 1 saturated heterocycles. The van der Waals surface area contributed by atoms with Gasteiger partial charge in [0.25, 0.3) is 0 Å². The highest BCUT2D eigenvalue weighted by Crippen LogP contribution is 2.41. The van der Waals surface area contributed by atoms with E-state index in [2.05, 4.69) is 43.5 Å². The highest BCUT2D eigenvalue weighted by molar-refractivity contribution is 6.00. The third-order valence-corrected chi connectivity index (χ3v) is 9.17. The SMILES string of the molecule is C=CC(=O)N1CCN(c2ccc3ncnc(Nc4ccc(OC5=CC(N/C6=C/CCCCCC6)NC=C5)c(C)c4F)c3c2OC)C[C@H]1C. The van der Waals surface area contributed by atoms with Gasteiger partial charge in [-0.15, -0.1) is 0 Å². The quantitative estimate of drug-likeness (QED) is 0.221. The Bertz CT molecular complexity index is 1770. The van der Waals surface area contributed by atoms with Gasteiger partial charge in [-0.3, -0.25) is 4.79 Å². The highest BCUT2D eigenvalue weighted by Gasteiger charge is 2.29. The molecule has 2 atom stereocenters. The number of methoxy groups -OCH3 is 1. The first-order valence-corrected chi connectivity index (χ1v) is 16.7. The maximum Gasteiger partial charge on any atom is 0.246 e. The minimum absolute atomic E-state index is 0.0196. The van der Waals surface area contributed by atoms with Gasteiger partial charge in [-0.25, -0.2) is 14.4 Å². The van der Waals surface area contributed by atoms with Gasteiger partial charge < -0.3 is 35.2 Å². The lowest BCUT2D eigenvalue weighted by atomic mass is 10.0. The van der Waals surface area contributed by atoms with Crippen molar-refractivity contribution in [1.29, 1.82) is 0 Å². The average molecular weight is 654 g/mol. The Morgan fingerprint density at radius 2 is 2.00 bits per heavy atom. The van der Waals surface area contributed by atoms with Gasteiger partial charge in [0.1, 0.15) is 29.8 Å². The van der Waals surface area contributed by atoms with Crippen molar-refractivity contribution in [3.05, 3.63) is 90.5 Å². The van der Waals surface area contributed by atoms with Gasteiger partial charge in [0.15, 0.2) is 11.6 Å². The smallest absolute Gasteiger partial charge is 0.246 e. The fourth-order valence-corrected chi connectivity index (χ4v) is 6.59. The van der Waals surface area contributed by atoms with E-state index in [1.807, 2.05) is 42.3 Å². The van der Waals surface area contributed by atoms with Crippen LogP contribution in [-0.4, -0.2) is 59.7 Å². The number of nitrogens with one attached hydrogen (secondary N) is 3. The summed E-state index contributed by atoms with van der Waals surface area (Å²) >= 11 is 0. The van der Waals surface area contributed by atoms with Crippen LogP contribution in [0.15, 0.2) is 79.1 Å². The van der Waals surface area contributed by atoms with E-state index in [-0.39, 0.29) is 23.8 Å². The monoisotopic (exact) mass is 653 g/mol. The van der Waals surface area contributed by atoms with Crippen LogP contribution in [0.5, 0.6) is 11.5 Å². The molecule has 0 bridgehead atoms. The summed E-state index contributed by atoms with van der Waals surface area (Å²) < 4.78 is 28.1. The zero-order chi connectivity index (χ0) is 33.6. The third-order valence-electron chi connectivity index (χ3n) is 9.17. The second-order valence-electron chi connectivity index (χ2n) is 12.4. The number of dihydropyridines is 1. The number of nitrogens with zero attached hydrogens (tertiary/aromatic N) is 4. The molecule has 10 nitrogen and oxygen atoms in total. The van der Waals surface area contributed by atoms with Crippen LogP contribution in [0.1, 0.15) is 51.0 Å². The molecular weight excluding hydrogens is 609 g/mol. The maximum absolute atomic E-state index is 16.0. The van der Waals surface area contributed by atoms with Gasteiger partial charge in [-0.1, -0.05) is 25.5 Å². The molecule has 11 heteroatoms. The number of piperazine rings is 1. The van der Waals surface area contributed by atoms with E-state index in [1.165, 1.54) is 43.8 Å². The summed E-state index contributed by atoms with van der Waals surface area (Å²) in [7, 11) is 1.60. The molecule has 3 aliphatic rings. The average Bonchev–Trinajstić information content (AvgIpc) is 3.08. The number of benzene rings is 2. The van der Waals surface area contributed by atoms with E-state index in [9.17, 15) is 4.79 Å². The van der Waals surface area contributed by atoms with Crippen molar-refractivity contribution in [2.45, 2.75) is 64.6 Å². The number of anilines is 3. The van der Waals surface area contributed by atoms with Gasteiger partial charge in [0.05, 0.1) is 29.4 Å². The Kier molecular flexibility index (Phi) is 10.1. The van der Waals surface area contributed by atoms with Gasteiger partial charge in [0.2, 0.25) is 5.91 Å². The maximum atomic E-state index is 16.0. The summed E-state index contributed by atoms with van der Waals surface area (Å²) in [5, 5.41) is 10.7. The molecule has 0 saturated carbocycles. The molecule has 252 valence electrons.